The van der Waals surface area contributed by atoms with Crippen LogP contribution >= 0.6 is 0 Å². The summed E-state index contributed by atoms with van der Waals surface area (Å²) in [5.41, 5.74) is 3.43. The van der Waals surface area contributed by atoms with Crippen molar-refractivity contribution in [2.24, 2.45) is 7.05 Å². The van der Waals surface area contributed by atoms with Gasteiger partial charge in [-0.15, -0.1) is 0 Å². The molecule has 1 unspecified atom stereocenters. The van der Waals surface area contributed by atoms with Gasteiger partial charge in [-0.2, -0.15) is 5.10 Å². The van der Waals surface area contributed by atoms with Gasteiger partial charge < -0.3 is 10.6 Å². The Bertz CT molecular complexity index is 411. The molecule has 0 aliphatic rings. The molecule has 2 N–H and O–H groups in total. The minimum atomic E-state index is -0.0939. The Labute approximate surface area is 109 Å². The fourth-order valence-corrected chi connectivity index (χ4v) is 1.86. The summed E-state index contributed by atoms with van der Waals surface area (Å²) in [4.78, 5) is 11.5. The minimum Gasteiger partial charge on any atom is -0.338 e. The quantitative estimate of drug-likeness (QED) is 0.837. The van der Waals surface area contributed by atoms with E-state index in [1.165, 1.54) is 5.56 Å². The second-order valence-corrected chi connectivity index (χ2v) is 4.73. The fourth-order valence-electron chi connectivity index (χ4n) is 1.86. The third kappa shape index (κ3) is 3.75. The highest BCUT2D eigenvalue weighted by atomic mass is 16.2. The van der Waals surface area contributed by atoms with Gasteiger partial charge in [0, 0.05) is 25.3 Å². The predicted molar refractivity (Wildman–Crippen MR) is 72.7 cm³/mol. The van der Waals surface area contributed by atoms with Crippen LogP contribution in [0.15, 0.2) is 0 Å². The van der Waals surface area contributed by atoms with Crippen LogP contribution in [0.3, 0.4) is 0 Å². The molecule has 5 nitrogen and oxygen atoms in total. The van der Waals surface area contributed by atoms with Crippen LogP contribution in [-0.2, 0) is 13.5 Å². The monoisotopic (exact) mass is 252 g/mol. The lowest BCUT2D eigenvalue weighted by Gasteiger charge is -2.12. The number of amides is 2. The molecular formula is C13H24N4O. The Hall–Kier alpha value is -1.52. The number of nitrogens with one attached hydrogen (secondary N) is 2. The molecule has 0 spiro atoms. The van der Waals surface area contributed by atoms with E-state index >= 15 is 0 Å². The maximum Gasteiger partial charge on any atom is 0.315 e. The summed E-state index contributed by atoms with van der Waals surface area (Å²) in [6.07, 6.45) is 1.76. The molecule has 102 valence electrons. The first kappa shape index (κ1) is 14.5. The summed E-state index contributed by atoms with van der Waals surface area (Å²) >= 11 is 0. The van der Waals surface area contributed by atoms with E-state index in [-0.39, 0.29) is 12.1 Å². The third-order valence-electron chi connectivity index (χ3n) is 3.31. The molecule has 1 rings (SSSR count). The zero-order chi connectivity index (χ0) is 13.7. The molecule has 0 radical (unpaired) electrons. The second kappa shape index (κ2) is 6.42. The van der Waals surface area contributed by atoms with Crippen LogP contribution in [0, 0.1) is 13.8 Å². The Morgan fingerprint density at radius 1 is 1.44 bits per heavy atom. The van der Waals surface area contributed by atoms with Gasteiger partial charge in [0.25, 0.3) is 0 Å². The highest BCUT2D eigenvalue weighted by molar-refractivity contribution is 5.74. The number of hydrogen-bond acceptors (Lipinski definition) is 2. The van der Waals surface area contributed by atoms with Gasteiger partial charge in [-0.05, 0) is 39.2 Å². The van der Waals surface area contributed by atoms with Crippen LogP contribution in [0.25, 0.3) is 0 Å². The lowest BCUT2D eigenvalue weighted by molar-refractivity contribution is 0.237. The lowest BCUT2D eigenvalue weighted by atomic mass is 10.1. The van der Waals surface area contributed by atoms with Crippen LogP contribution in [-0.4, -0.2) is 28.4 Å². The molecule has 1 heterocycles. The van der Waals surface area contributed by atoms with E-state index < -0.39 is 0 Å². The molecule has 1 aromatic heterocycles. The van der Waals surface area contributed by atoms with E-state index in [4.69, 9.17) is 0 Å². The third-order valence-corrected chi connectivity index (χ3v) is 3.31. The molecule has 1 aromatic rings. The number of carbonyl (C=O) groups excluding carboxylic acids is 1. The number of aromatic nitrogens is 2. The van der Waals surface area contributed by atoms with Gasteiger partial charge in [-0.1, -0.05) is 6.92 Å². The number of rotatable bonds is 5. The Morgan fingerprint density at radius 2 is 2.11 bits per heavy atom. The standard InChI is InChI=1S/C13H24N4O/c1-6-9(2)15-13(18)14-8-7-12-10(3)16-17(5)11(12)4/h9H,6-8H2,1-5H3,(H2,14,15,18). The maximum absolute atomic E-state index is 11.5. The minimum absolute atomic E-state index is 0.0939. The summed E-state index contributed by atoms with van der Waals surface area (Å²) in [5, 5.41) is 10.1. The second-order valence-electron chi connectivity index (χ2n) is 4.73. The number of carbonyl (C=O) groups is 1. The first-order valence-electron chi connectivity index (χ1n) is 6.49. The van der Waals surface area contributed by atoms with Crippen LogP contribution in [0.2, 0.25) is 0 Å². The Kier molecular flexibility index (Phi) is 5.19. The normalized spacial score (nSPS) is 12.3. The van der Waals surface area contributed by atoms with Crippen molar-refractivity contribution < 1.29 is 4.79 Å². The van der Waals surface area contributed by atoms with Crippen molar-refractivity contribution in [3.05, 3.63) is 17.0 Å². The molecule has 0 bridgehead atoms. The molecule has 0 saturated heterocycles. The average Bonchev–Trinajstić information content (AvgIpc) is 2.55. The van der Waals surface area contributed by atoms with Crippen LogP contribution in [0.1, 0.15) is 37.2 Å². The first-order chi connectivity index (χ1) is 8.45. The average molecular weight is 252 g/mol. The summed E-state index contributed by atoms with van der Waals surface area (Å²) in [5.74, 6) is 0. The van der Waals surface area contributed by atoms with E-state index in [0.717, 1.165) is 24.2 Å². The van der Waals surface area contributed by atoms with Crippen molar-refractivity contribution in [1.29, 1.82) is 0 Å². The van der Waals surface area contributed by atoms with Gasteiger partial charge in [0.15, 0.2) is 0 Å². The summed E-state index contributed by atoms with van der Waals surface area (Å²) in [6, 6.07) is 0.121. The number of aryl methyl sites for hydroxylation is 2. The Balaban J connectivity index is 2.40. The van der Waals surface area contributed by atoms with E-state index in [0.29, 0.717) is 6.54 Å². The van der Waals surface area contributed by atoms with Crippen molar-refractivity contribution in [2.75, 3.05) is 6.54 Å². The lowest BCUT2D eigenvalue weighted by Crippen LogP contribution is -2.41. The van der Waals surface area contributed by atoms with Gasteiger partial charge in [0.2, 0.25) is 0 Å². The van der Waals surface area contributed by atoms with Gasteiger partial charge in [0.05, 0.1) is 5.69 Å². The Morgan fingerprint density at radius 3 is 2.61 bits per heavy atom. The zero-order valence-electron chi connectivity index (χ0n) is 12.0. The molecule has 0 aromatic carbocycles. The smallest absolute Gasteiger partial charge is 0.315 e. The molecule has 0 aliphatic carbocycles. The number of hydrogen-bond donors (Lipinski definition) is 2. The van der Waals surface area contributed by atoms with Crippen molar-refractivity contribution in [1.82, 2.24) is 20.4 Å². The topological polar surface area (TPSA) is 59.0 Å². The van der Waals surface area contributed by atoms with Crippen molar-refractivity contribution in [2.45, 2.75) is 46.6 Å². The van der Waals surface area contributed by atoms with Crippen LogP contribution in [0.5, 0.6) is 0 Å². The number of nitrogens with zero attached hydrogens (tertiary/aromatic N) is 2. The molecule has 18 heavy (non-hydrogen) atoms. The van der Waals surface area contributed by atoms with Gasteiger partial charge in [-0.3, -0.25) is 4.68 Å². The predicted octanol–water partition coefficient (Wildman–Crippen LogP) is 1.68. The molecule has 2 amide bonds. The summed E-state index contributed by atoms with van der Waals surface area (Å²) in [7, 11) is 1.94. The van der Waals surface area contributed by atoms with Crippen LogP contribution in [0.4, 0.5) is 4.79 Å². The highest BCUT2D eigenvalue weighted by Gasteiger charge is 2.09. The van der Waals surface area contributed by atoms with Crippen molar-refractivity contribution >= 4 is 6.03 Å². The van der Waals surface area contributed by atoms with Crippen molar-refractivity contribution in [3.63, 3.8) is 0 Å². The number of urea groups is 1. The van der Waals surface area contributed by atoms with Gasteiger partial charge >= 0.3 is 6.03 Å². The molecule has 0 saturated carbocycles. The van der Waals surface area contributed by atoms with E-state index in [9.17, 15) is 4.79 Å². The maximum atomic E-state index is 11.5. The highest BCUT2D eigenvalue weighted by Crippen LogP contribution is 2.11. The molecule has 1 atom stereocenters. The molecule has 0 fully saturated rings. The van der Waals surface area contributed by atoms with Gasteiger partial charge in [0.1, 0.15) is 0 Å². The summed E-state index contributed by atoms with van der Waals surface area (Å²) < 4.78 is 1.88. The summed E-state index contributed by atoms with van der Waals surface area (Å²) in [6.45, 7) is 8.73. The largest absolute Gasteiger partial charge is 0.338 e. The van der Waals surface area contributed by atoms with Gasteiger partial charge in [-0.25, -0.2) is 4.79 Å². The fraction of sp³-hybridized carbons (Fsp3) is 0.692. The SMILES string of the molecule is CCC(C)NC(=O)NCCc1c(C)nn(C)c1C. The zero-order valence-corrected chi connectivity index (χ0v) is 12.0. The molecular weight excluding hydrogens is 228 g/mol. The first-order valence-corrected chi connectivity index (χ1v) is 6.49. The van der Waals surface area contributed by atoms with Crippen LogP contribution < -0.4 is 10.6 Å². The molecule has 5 heteroatoms. The van der Waals surface area contributed by atoms with Crippen molar-refractivity contribution in [3.8, 4) is 0 Å². The van der Waals surface area contributed by atoms with E-state index in [1.807, 2.05) is 32.5 Å². The van der Waals surface area contributed by atoms with E-state index in [1.54, 1.807) is 0 Å². The molecule has 0 aliphatic heterocycles. The van der Waals surface area contributed by atoms with E-state index in [2.05, 4.69) is 22.7 Å².